The quantitative estimate of drug-likeness (QED) is 0.802. The number of nitrogens with one attached hydrogen (secondary N) is 1. The second kappa shape index (κ2) is 6.29. The fourth-order valence-corrected chi connectivity index (χ4v) is 3.65. The standard InChI is InChI=1S/C18H19BrFN/c1-12(13-5-4-6-15(20)9-13)21-16-10-14(11-16)17-7-2-3-8-18(17)19/h2-9,12,14,16,21H,10-11H2,1H3/t12-,14?,16?/m0/s1. The van der Waals surface area contributed by atoms with Crippen molar-refractivity contribution in [2.75, 3.05) is 0 Å². The van der Waals surface area contributed by atoms with Gasteiger partial charge in [0.1, 0.15) is 5.82 Å². The van der Waals surface area contributed by atoms with Gasteiger partial charge in [0.15, 0.2) is 0 Å². The van der Waals surface area contributed by atoms with Crippen LogP contribution < -0.4 is 5.32 Å². The van der Waals surface area contributed by atoms with E-state index in [1.54, 1.807) is 12.1 Å². The molecular weight excluding hydrogens is 329 g/mol. The second-order valence-corrected chi connectivity index (χ2v) is 6.68. The highest BCUT2D eigenvalue weighted by Gasteiger charge is 2.32. The molecule has 1 atom stereocenters. The van der Waals surface area contributed by atoms with Gasteiger partial charge in [-0.1, -0.05) is 46.3 Å². The first-order valence-electron chi connectivity index (χ1n) is 7.39. The molecule has 1 aliphatic rings. The first-order valence-corrected chi connectivity index (χ1v) is 8.18. The Hall–Kier alpha value is -1.19. The number of hydrogen-bond acceptors (Lipinski definition) is 1. The van der Waals surface area contributed by atoms with Gasteiger partial charge < -0.3 is 5.32 Å². The zero-order chi connectivity index (χ0) is 14.8. The summed E-state index contributed by atoms with van der Waals surface area (Å²) in [6.45, 7) is 2.10. The lowest BCUT2D eigenvalue weighted by Crippen LogP contribution is -2.41. The van der Waals surface area contributed by atoms with Gasteiger partial charge in [-0.2, -0.15) is 0 Å². The fraction of sp³-hybridized carbons (Fsp3) is 0.333. The summed E-state index contributed by atoms with van der Waals surface area (Å²) in [5.41, 5.74) is 2.41. The SMILES string of the molecule is C[C@H](NC1CC(c2ccccc2Br)C1)c1cccc(F)c1. The molecule has 21 heavy (non-hydrogen) atoms. The summed E-state index contributed by atoms with van der Waals surface area (Å²) in [5, 5.41) is 3.60. The minimum atomic E-state index is -0.166. The maximum absolute atomic E-state index is 13.3. The number of hydrogen-bond donors (Lipinski definition) is 1. The molecule has 2 aromatic rings. The van der Waals surface area contributed by atoms with E-state index in [-0.39, 0.29) is 11.9 Å². The Morgan fingerprint density at radius 2 is 1.90 bits per heavy atom. The van der Waals surface area contributed by atoms with Gasteiger partial charge in [0, 0.05) is 16.6 Å². The molecule has 1 saturated carbocycles. The predicted octanol–water partition coefficient (Wildman–Crippen LogP) is 5.19. The van der Waals surface area contributed by atoms with Crippen LogP contribution in [0.25, 0.3) is 0 Å². The Bertz CT molecular complexity index is 622. The smallest absolute Gasteiger partial charge is 0.123 e. The minimum absolute atomic E-state index is 0.166. The van der Waals surface area contributed by atoms with Crippen molar-refractivity contribution in [1.82, 2.24) is 5.32 Å². The minimum Gasteiger partial charge on any atom is -0.307 e. The fourth-order valence-electron chi connectivity index (χ4n) is 3.04. The summed E-state index contributed by atoms with van der Waals surface area (Å²) in [6, 6.07) is 16.0. The Kier molecular flexibility index (Phi) is 4.41. The lowest BCUT2D eigenvalue weighted by atomic mass is 9.75. The van der Waals surface area contributed by atoms with Crippen LogP contribution >= 0.6 is 15.9 Å². The molecule has 0 saturated heterocycles. The summed E-state index contributed by atoms with van der Waals surface area (Å²) in [4.78, 5) is 0. The van der Waals surface area contributed by atoms with Crippen LogP contribution in [0.4, 0.5) is 4.39 Å². The number of rotatable bonds is 4. The van der Waals surface area contributed by atoms with E-state index in [0.29, 0.717) is 12.0 Å². The van der Waals surface area contributed by atoms with E-state index in [9.17, 15) is 4.39 Å². The monoisotopic (exact) mass is 347 g/mol. The molecule has 0 radical (unpaired) electrons. The second-order valence-electron chi connectivity index (χ2n) is 5.83. The van der Waals surface area contributed by atoms with Crippen LogP contribution in [-0.4, -0.2) is 6.04 Å². The third kappa shape index (κ3) is 3.35. The van der Waals surface area contributed by atoms with Gasteiger partial charge in [0.2, 0.25) is 0 Å². The maximum atomic E-state index is 13.3. The van der Waals surface area contributed by atoms with Crippen molar-refractivity contribution in [3.63, 3.8) is 0 Å². The van der Waals surface area contributed by atoms with Crippen LogP contribution in [0.5, 0.6) is 0 Å². The highest BCUT2D eigenvalue weighted by atomic mass is 79.9. The Morgan fingerprint density at radius 3 is 2.62 bits per heavy atom. The molecule has 0 unspecified atom stereocenters. The third-order valence-corrected chi connectivity index (χ3v) is 5.04. The summed E-state index contributed by atoms with van der Waals surface area (Å²) in [7, 11) is 0. The van der Waals surface area contributed by atoms with E-state index < -0.39 is 0 Å². The van der Waals surface area contributed by atoms with Gasteiger partial charge in [-0.15, -0.1) is 0 Å². The molecule has 1 aliphatic carbocycles. The summed E-state index contributed by atoms with van der Waals surface area (Å²) in [5.74, 6) is 0.457. The van der Waals surface area contributed by atoms with Crippen LogP contribution in [0.1, 0.15) is 42.9 Å². The maximum Gasteiger partial charge on any atom is 0.123 e. The van der Waals surface area contributed by atoms with Gasteiger partial charge in [0.05, 0.1) is 0 Å². The van der Waals surface area contributed by atoms with Crippen LogP contribution in [0.3, 0.4) is 0 Å². The predicted molar refractivity (Wildman–Crippen MR) is 87.9 cm³/mol. The van der Waals surface area contributed by atoms with E-state index in [1.807, 2.05) is 12.1 Å². The first kappa shape index (κ1) is 14.7. The molecule has 0 aromatic heterocycles. The first-order chi connectivity index (χ1) is 10.1. The van der Waals surface area contributed by atoms with Crippen molar-refractivity contribution < 1.29 is 4.39 Å². The third-order valence-electron chi connectivity index (χ3n) is 4.32. The molecule has 110 valence electrons. The van der Waals surface area contributed by atoms with Crippen molar-refractivity contribution in [3.05, 3.63) is 69.9 Å². The van der Waals surface area contributed by atoms with Crippen molar-refractivity contribution in [1.29, 1.82) is 0 Å². The average Bonchev–Trinajstić information content (AvgIpc) is 2.43. The molecule has 0 aliphatic heterocycles. The highest BCUT2D eigenvalue weighted by Crippen LogP contribution is 2.40. The number of halogens is 2. The Morgan fingerprint density at radius 1 is 1.14 bits per heavy atom. The molecule has 0 amide bonds. The van der Waals surface area contributed by atoms with Gasteiger partial charge >= 0.3 is 0 Å². The summed E-state index contributed by atoms with van der Waals surface area (Å²) < 4.78 is 14.5. The van der Waals surface area contributed by atoms with Crippen molar-refractivity contribution in [2.24, 2.45) is 0 Å². The van der Waals surface area contributed by atoms with Gasteiger partial charge in [-0.3, -0.25) is 0 Å². The van der Waals surface area contributed by atoms with Crippen LogP contribution in [-0.2, 0) is 0 Å². The van der Waals surface area contributed by atoms with Gasteiger partial charge in [0.25, 0.3) is 0 Å². The molecule has 1 N–H and O–H groups in total. The zero-order valence-electron chi connectivity index (χ0n) is 12.0. The summed E-state index contributed by atoms with van der Waals surface area (Å²) in [6.07, 6.45) is 2.28. The van der Waals surface area contributed by atoms with Gasteiger partial charge in [-0.25, -0.2) is 4.39 Å². The topological polar surface area (TPSA) is 12.0 Å². The van der Waals surface area contributed by atoms with Crippen LogP contribution in [0.15, 0.2) is 53.0 Å². The largest absolute Gasteiger partial charge is 0.307 e. The average molecular weight is 348 g/mol. The lowest BCUT2D eigenvalue weighted by molar-refractivity contribution is 0.270. The van der Waals surface area contributed by atoms with Crippen molar-refractivity contribution in [3.8, 4) is 0 Å². The molecule has 0 spiro atoms. The molecule has 3 heteroatoms. The molecular formula is C18H19BrFN. The van der Waals surface area contributed by atoms with E-state index >= 15 is 0 Å². The lowest BCUT2D eigenvalue weighted by Gasteiger charge is -2.38. The molecule has 1 fully saturated rings. The van der Waals surface area contributed by atoms with Crippen LogP contribution in [0.2, 0.25) is 0 Å². The van der Waals surface area contributed by atoms with Crippen molar-refractivity contribution in [2.45, 2.75) is 37.8 Å². The molecule has 0 bridgehead atoms. The number of benzene rings is 2. The van der Waals surface area contributed by atoms with E-state index in [1.165, 1.54) is 16.1 Å². The Labute approximate surface area is 133 Å². The van der Waals surface area contributed by atoms with Gasteiger partial charge in [-0.05, 0) is 55.0 Å². The molecule has 2 aromatic carbocycles. The van der Waals surface area contributed by atoms with E-state index in [0.717, 1.165) is 18.4 Å². The van der Waals surface area contributed by atoms with E-state index in [4.69, 9.17) is 0 Å². The molecule has 3 rings (SSSR count). The van der Waals surface area contributed by atoms with Crippen molar-refractivity contribution >= 4 is 15.9 Å². The van der Waals surface area contributed by atoms with Crippen LogP contribution in [0, 0.1) is 5.82 Å². The zero-order valence-corrected chi connectivity index (χ0v) is 13.6. The van der Waals surface area contributed by atoms with E-state index in [2.05, 4.69) is 46.4 Å². The normalized spacial score (nSPS) is 22.6. The highest BCUT2D eigenvalue weighted by molar-refractivity contribution is 9.10. The molecule has 0 heterocycles. The Balaban J connectivity index is 1.56. The molecule has 1 nitrogen and oxygen atoms in total. The summed E-state index contributed by atoms with van der Waals surface area (Å²) >= 11 is 3.62.